The molecule has 0 aliphatic rings. The third-order valence-corrected chi connectivity index (χ3v) is 2.67. The van der Waals surface area contributed by atoms with Crippen LogP contribution in [0.2, 0.25) is 0 Å². The molecule has 96 valence electrons. The lowest BCUT2D eigenvalue weighted by Gasteiger charge is -2.24. The number of pyridine rings is 1. The molecule has 1 aromatic rings. The number of nitrogens with zero attached hydrogens (tertiary/aromatic N) is 3. The molecule has 0 amide bonds. The third kappa shape index (κ3) is 4.42. The normalized spacial score (nSPS) is 13.6. The van der Waals surface area contributed by atoms with Crippen molar-refractivity contribution in [1.82, 2.24) is 10.3 Å². The molecule has 1 aromatic heterocycles. The van der Waals surface area contributed by atoms with Crippen LogP contribution < -0.4 is 10.6 Å². The van der Waals surface area contributed by atoms with Gasteiger partial charge in [0.2, 0.25) is 5.96 Å². The van der Waals surface area contributed by atoms with E-state index in [4.69, 9.17) is 5.26 Å². The van der Waals surface area contributed by atoms with Gasteiger partial charge in [-0.1, -0.05) is 20.8 Å². The summed E-state index contributed by atoms with van der Waals surface area (Å²) in [7, 11) is 0. The maximum atomic E-state index is 8.73. The Morgan fingerprint density at radius 3 is 2.72 bits per heavy atom. The van der Waals surface area contributed by atoms with Crippen LogP contribution in [0.3, 0.4) is 0 Å². The molecule has 1 rings (SSSR count). The minimum absolute atomic E-state index is 0.0407. The number of rotatable bonds is 2. The molecule has 5 nitrogen and oxygen atoms in total. The lowest BCUT2D eigenvalue weighted by molar-refractivity contribution is 0.341. The first-order chi connectivity index (χ1) is 8.43. The molecule has 1 atom stereocenters. The molecule has 5 heteroatoms. The van der Waals surface area contributed by atoms with Crippen LogP contribution in [0, 0.1) is 16.9 Å². The first-order valence-corrected chi connectivity index (χ1v) is 5.83. The van der Waals surface area contributed by atoms with Crippen LogP contribution in [0.4, 0.5) is 5.69 Å². The van der Waals surface area contributed by atoms with E-state index < -0.39 is 0 Å². The number of nitriles is 1. The summed E-state index contributed by atoms with van der Waals surface area (Å²) in [5.74, 6) is 0.438. The summed E-state index contributed by atoms with van der Waals surface area (Å²) in [5.41, 5.74) is 0.832. The number of hydrogen-bond acceptors (Lipinski definition) is 3. The molecule has 0 fully saturated rings. The second kappa shape index (κ2) is 6.01. The molecule has 0 saturated heterocycles. The van der Waals surface area contributed by atoms with Crippen molar-refractivity contribution in [3.05, 3.63) is 24.5 Å². The standard InChI is InChI=1S/C13H19N5/c1-10(13(2,3)4)17-12(16-9-14)18-11-6-5-7-15-8-11/h5-8,10H,1-4H3,(H2,16,17,18)/t10-/m1/s1. The van der Waals surface area contributed by atoms with Gasteiger partial charge < -0.3 is 5.32 Å². The van der Waals surface area contributed by atoms with E-state index in [1.807, 2.05) is 25.2 Å². The number of hydrogen-bond donors (Lipinski definition) is 2. The van der Waals surface area contributed by atoms with Crippen molar-refractivity contribution in [2.75, 3.05) is 5.32 Å². The molecule has 0 unspecified atom stereocenters. The van der Waals surface area contributed by atoms with E-state index in [2.05, 4.69) is 41.4 Å². The predicted molar refractivity (Wildman–Crippen MR) is 73.0 cm³/mol. The number of guanidine groups is 1. The quantitative estimate of drug-likeness (QED) is 0.363. The van der Waals surface area contributed by atoms with E-state index >= 15 is 0 Å². The molecule has 0 spiro atoms. The van der Waals surface area contributed by atoms with Crippen LogP contribution in [-0.4, -0.2) is 17.0 Å². The van der Waals surface area contributed by atoms with Gasteiger partial charge in [-0.15, -0.1) is 0 Å². The summed E-state index contributed by atoms with van der Waals surface area (Å²) in [6.07, 6.45) is 5.25. The molecular formula is C13H19N5. The van der Waals surface area contributed by atoms with Crippen molar-refractivity contribution < 1.29 is 0 Å². The van der Waals surface area contributed by atoms with Crippen molar-refractivity contribution in [3.63, 3.8) is 0 Å². The molecule has 0 aliphatic heterocycles. The minimum atomic E-state index is 0.0407. The Hall–Kier alpha value is -2.09. The molecule has 1 heterocycles. The Bertz CT molecular complexity index is 439. The summed E-state index contributed by atoms with van der Waals surface area (Å²) in [4.78, 5) is 8.47. The van der Waals surface area contributed by atoms with Crippen LogP contribution in [0.5, 0.6) is 0 Å². The molecule has 18 heavy (non-hydrogen) atoms. The SMILES string of the molecule is C[C@@H](N=C(NC#N)Nc1cccnc1)C(C)(C)C. The van der Waals surface area contributed by atoms with E-state index in [-0.39, 0.29) is 11.5 Å². The first-order valence-electron chi connectivity index (χ1n) is 5.83. The van der Waals surface area contributed by atoms with Crippen LogP contribution in [0.1, 0.15) is 27.7 Å². The minimum Gasteiger partial charge on any atom is -0.324 e. The van der Waals surface area contributed by atoms with Gasteiger partial charge in [0.25, 0.3) is 0 Å². The van der Waals surface area contributed by atoms with E-state index in [1.54, 1.807) is 12.4 Å². The largest absolute Gasteiger partial charge is 0.324 e. The van der Waals surface area contributed by atoms with Gasteiger partial charge in [0, 0.05) is 6.20 Å². The zero-order valence-corrected chi connectivity index (χ0v) is 11.2. The van der Waals surface area contributed by atoms with Crippen molar-refractivity contribution in [2.45, 2.75) is 33.7 Å². The molecule has 0 bridgehead atoms. The second-order valence-corrected chi connectivity index (χ2v) is 5.12. The predicted octanol–water partition coefficient (Wildman–Crippen LogP) is 2.35. The van der Waals surface area contributed by atoms with Gasteiger partial charge in [-0.3, -0.25) is 10.3 Å². The van der Waals surface area contributed by atoms with Crippen LogP contribution >= 0.6 is 0 Å². The van der Waals surface area contributed by atoms with Crippen molar-refractivity contribution in [2.24, 2.45) is 10.4 Å². The topological polar surface area (TPSA) is 73.1 Å². The molecule has 0 saturated carbocycles. The Morgan fingerprint density at radius 2 is 2.22 bits per heavy atom. The van der Waals surface area contributed by atoms with Crippen LogP contribution in [0.15, 0.2) is 29.5 Å². The molecular weight excluding hydrogens is 226 g/mol. The average molecular weight is 245 g/mol. The second-order valence-electron chi connectivity index (χ2n) is 5.12. The highest BCUT2D eigenvalue weighted by Crippen LogP contribution is 2.21. The van der Waals surface area contributed by atoms with Gasteiger partial charge in [0.05, 0.1) is 17.9 Å². The van der Waals surface area contributed by atoms with Gasteiger partial charge in [-0.2, -0.15) is 5.26 Å². The number of nitrogens with one attached hydrogen (secondary N) is 2. The van der Waals surface area contributed by atoms with Crippen molar-refractivity contribution >= 4 is 11.6 Å². The van der Waals surface area contributed by atoms with Gasteiger partial charge in [-0.05, 0) is 24.5 Å². The highest BCUT2D eigenvalue weighted by molar-refractivity contribution is 5.94. The van der Waals surface area contributed by atoms with E-state index in [0.717, 1.165) is 5.69 Å². The van der Waals surface area contributed by atoms with Crippen LogP contribution in [0.25, 0.3) is 0 Å². The summed E-state index contributed by atoms with van der Waals surface area (Å²) in [5, 5.41) is 14.3. The summed E-state index contributed by atoms with van der Waals surface area (Å²) in [6, 6.07) is 3.76. The molecule has 0 aromatic carbocycles. The summed E-state index contributed by atoms with van der Waals surface area (Å²) in [6.45, 7) is 8.34. The fourth-order valence-electron chi connectivity index (χ4n) is 1.11. The van der Waals surface area contributed by atoms with E-state index in [9.17, 15) is 0 Å². The number of aromatic nitrogens is 1. The third-order valence-electron chi connectivity index (χ3n) is 2.67. The van der Waals surface area contributed by atoms with E-state index in [0.29, 0.717) is 5.96 Å². The van der Waals surface area contributed by atoms with Gasteiger partial charge in [0.15, 0.2) is 6.19 Å². The lowest BCUT2D eigenvalue weighted by Crippen LogP contribution is -2.31. The fourth-order valence-corrected chi connectivity index (χ4v) is 1.11. The first kappa shape index (κ1) is 14.0. The zero-order valence-electron chi connectivity index (χ0n) is 11.2. The Morgan fingerprint density at radius 1 is 1.50 bits per heavy atom. The molecule has 0 aliphatic carbocycles. The van der Waals surface area contributed by atoms with Crippen LogP contribution in [-0.2, 0) is 0 Å². The maximum absolute atomic E-state index is 8.73. The summed E-state index contributed by atoms with van der Waals surface area (Å²) < 4.78 is 0. The Kier molecular flexibility index (Phi) is 4.67. The van der Waals surface area contributed by atoms with Crippen molar-refractivity contribution in [3.8, 4) is 6.19 Å². The smallest absolute Gasteiger partial charge is 0.209 e. The molecule has 2 N–H and O–H groups in total. The van der Waals surface area contributed by atoms with Gasteiger partial charge >= 0.3 is 0 Å². The van der Waals surface area contributed by atoms with E-state index in [1.165, 1.54) is 0 Å². The monoisotopic (exact) mass is 245 g/mol. The highest BCUT2D eigenvalue weighted by atomic mass is 15.2. The van der Waals surface area contributed by atoms with Crippen molar-refractivity contribution in [1.29, 1.82) is 5.26 Å². The average Bonchev–Trinajstić information content (AvgIpc) is 2.29. The summed E-state index contributed by atoms with van der Waals surface area (Å²) >= 11 is 0. The Labute approximate surface area is 108 Å². The number of anilines is 1. The zero-order chi connectivity index (χ0) is 13.6. The molecule has 0 radical (unpaired) electrons. The number of aliphatic imine (C=N–C) groups is 1. The maximum Gasteiger partial charge on any atom is 0.209 e. The fraction of sp³-hybridized carbons (Fsp3) is 0.462. The van der Waals surface area contributed by atoms with Gasteiger partial charge in [-0.25, -0.2) is 4.99 Å². The van der Waals surface area contributed by atoms with Gasteiger partial charge in [0.1, 0.15) is 0 Å². The Balaban J connectivity index is 2.84. The lowest BCUT2D eigenvalue weighted by atomic mass is 9.88. The highest BCUT2D eigenvalue weighted by Gasteiger charge is 2.19.